The van der Waals surface area contributed by atoms with Crippen molar-refractivity contribution in [3.8, 4) is 56.8 Å². The monoisotopic (exact) mass is 824 g/mol. The van der Waals surface area contributed by atoms with Crippen LogP contribution >= 0.6 is 24.8 Å². The van der Waals surface area contributed by atoms with E-state index in [2.05, 4.69) is 9.80 Å². The predicted molar refractivity (Wildman–Crippen MR) is 227 cm³/mol. The van der Waals surface area contributed by atoms with E-state index < -0.39 is 0 Å². The Balaban J connectivity index is 0.00000360. The molecule has 2 aliphatic heterocycles. The molecule has 2 saturated heterocycles. The maximum atomic E-state index is 13.4. The van der Waals surface area contributed by atoms with E-state index in [1.54, 1.807) is 42.7 Å². The number of rotatable bonds is 14. The van der Waals surface area contributed by atoms with Gasteiger partial charge < -0.3 is 38.2 Å². The molecule has 308 valence electrons. The summed E-state index contributed by atoms with van der Waals surface area (Å²) < 4.78 is 32.9. The summed E-state index contributed by atoms with van der Waals surface area (Å²) >= 11 is 0. The zero-order chi connectivity index (χ0) is 38.9. The lowest BCUT2D eigenvalue weighted by atomic mass is 10.0. The fourth-order valence-corrected chi connectivity index (χ4v) is 7.34. The van der Waals surface area contributed by atoms with E-state index in [9.17, 15) is 9.59 Å². The molecule has 0 radical (unpaired) electrons. The lowest BCUT2D eigenvalue weighted by Gasteiger charge is -2.37. The molecule has 2 heterocycles. The number of nitrogens with zero attached hydrogens (tertiary/aromatic N) is 4. The maximum absolute atomic E-state index is 13.4. The highest BCUT2D eigenvalue weighted by Crippen LogP contribution is 2.42. The lowest BCUT2D eigenvalue weighted by Crippen LogP contribution is -2.50. The summed E-state index contributed by atoms with van der Waals surface area (Å²) in [5.41, 5.74) is 5.08. The summed E-state index contributed by atoms with van der Waals surface area (Å²) in [5.74, 6) is 3.52. The van der Waals surface area contributed by atoms with Crippen molar-refractivity contribution in [1.82, 2.24) is 19.6 Å². The highest BCUT2D eigenvalue weighted by atomic mass is 35.5. The largest absolute Gasteiger partial charge is 0.493 e. The number of amides is 2. The Labute approximate surface area is 348 Å². The number of methoxy groups -OCH3 is 6. The zero-order valence-electron chi connectivity index (χ0n) is 33.6. The van der Waals surface area contributed by atoms with Crippen molar-refractivity contribution in [1.29, 1.82) is 0 Å². The minimum atomic E-state index is 0. The Morgan fingerprint density at radius 1 is 0.439 bits per heavy atom. The molecule has 4 aromatic rings. The molecule has 14 heteroatoms. The van der Waals surface area contributed by atoms with Crippen LogP contribution in [0, 0.1) is 0 Å². The summed E-state index contributed by atoms with van der Waals surface area (Å²) in [6.07, 6.45) is 1.05. The molecular formula is C43H54Cl2N4O8. The van der Waals surface area contributed by atoms with E-state index in [4.69, 9.17) is 28.4 Å². The van der Waals surface area contributed by atoms with Gasteiger partial charge in [0, 0.05) is 63.5 Å². The average Bonchev–Trinajstić information content (AvgIpc) is 3.25. The van der Waals surface area contributed by atoms with Crippen LogP contribution in [-0.4, -0.2) is 140 Å². The maximum Gasteiger partial charge on any atom is 0.253 e. The number of hydrogen-bond acceptors (Lipinski definition) is 10. The average molecular weight is 826 g/mol. The first kappa shape index (κ1) is 44.8. The number of piperazine rings is 2. The summed E-state index contributed by atoms with van der Waals surface area (Å²) in [6.45, 7) is 8.23. The van der Waals surface area contributed by atoms with Crippen molar-refractivity contribution in [3.05, 3.63) is 83.9 Å². The number of carbonyl (C=O) groups excluding carboxylic acids is 2. The lowest BCUT2D eigenvalue weighted by molar-refractivity contribution is 0.0606. The number of ether oxygens (including phenoxy) is 6. The molecule has 12 nitrogen and oxygen atoms in total. The van der Waals surface area contributed by atoms with Crippen LogP contribution in [0.1, 0.15) is 27.1 Å². The summed E-state index contributed by atoms with van der Waals surface area (Å²) in [6, 6.07) is 23.0. The third-order valence-electron chi connectivity index (χ3n) is 10.5. The molecule has 2 amide bonds. The topological polar surface area (TPSA) is 102 Å². The van der Waals surface area contributed by atoms with Crippen LogP contribution in [0.25, 0.3) is 22.3 Å². The van der Waals surface area contributed by atoms with Gasteiger partial charge in [0.15, 0.2) is 23.0 Å². The van der Waals surface area contributed by atoms with Gasteiger partial charge in [-0.25, -0.2) is 0 Å². The molecule has 2 fully saturated rings. The van der Waals surface area contributed by atoms with Crippen molar-refractivity contribution in [3.63, 3.8) is 0 Å². The van der Waals surface area contributed by atoms with Gasteiger partial charge in [-0.2, -0.15) is 0 Å². The Hall–Kier alpha value is -4.88. The number of halogens is 2. The van der Waals surface area contributed by atoms with E-state index in [-0.39, 0.29) is 36.6 Å². The second-order valence-electron chi connectivity index (χ2n) is 13.6. The van der Waals surface area contributed by atoms with E-state index in [1.807, 2.05) is 82.6 Å². The van der Waals surface area contributed by atoms with E-state index in [0.29, 0.717) is 71.8 Å². The molecule has 0 spiro atoms. The Kier molecular flexibility index (Phi) is 16.5. The van der Waals surface area contributed by atoms with E-state index >= 15 is 0 Å². The molecule has 0 saturated carbocycles. The van der Waals surface area contributed by atoms with Gasteiger partial charge >= 0.3 is 0 Å². The van der Waals surface area contributed by atoms with Gasteiger partial charge in [-0.3, -0.25) is 19.4 Å². The first-order valence-corrected chi connectivity index (χ1v) is 18.6. The van der Waals surface area contributed by atoms with E-state index in [0.717, 1.165) is 67.9 Å². The Morgan fingerprint density at radius 2 is 0.737 bits per heavy atom. The third-order valence-corrected chi connectivity index (χ3v) is 10.5. The van der Waals surface area contributed by atoms with Crippen LogP contribution in [0.5, 0.6) is 34.5 Å². The normalized spacial score (nSPS) is 14.5. The quantitative estimate of drug-likeness (QED) is 0.140. The van der Waals surface area contributed by atoms with Crippen molar-refractivity contribution >= 4 is 36.6 Å². The molecule has 0 aromatic heterocycles. The second kappa shape index (κ2) is 21.0. The highest BCUT2D eigenvalue weighted by Gasteiger charge is 2.25. The summed E-state index contributed by atoms with van der Waals surface area (Å²) in [4.78, 5) is 35.5. The fraction of sp³-hybridized carbons (Fsp3) is 0.395. The molecule has 0 N–H and O–H groups in total. The molecule has 6 rings (SSSR count). The van der Waals surface area contributed by atoms with Gasteiger partial charge in [-0.05, 0) is 90.3 Å². The molecule has 2 aliphatic rings. The van der Waals surface area contributed by atoms with Gasteiger partial charge in [-0.1, -0.05) is 24.3 Å². The van der Waals surface area contributed by atoms with Crippen molar-refractivity contribution in [2.45, 2.75) is 6.42 Å². The first-order chi connectivity index (χ1) is 26.8. The highest BCUT2D eigenvalue weighted by molar-refractivity contribution is 5.95. The van der Waals surface area contributed by atoms with Crippen LogP contribution in [0.4, 0.5) is 0 Å². The standard InChI is InChI=1S/C43H52N4O8.2ClH/c1-50-36-26-34(27-37(51-2)40(36)54-5)30-8-12-32(13-9-30)42(48)46-22-18-44(19-23-46)16-7-17-45-20-24-47(25-21-45)43(49)33-14-10-31(11-15-33)35-28-38(52-3)41(55-6)39(29-35)53-4;;/h8-15,26-29H,7,16-25H2,1-6H3;2*1H. The predicted octanol–water partition coefficient (Wildman–Crippen LogP) is 6.52. The van der Waals surface area contributed by atoms with Crippen LogP contribution in [0.15, 0.2) is 72.8 Å². The van der Waals surface area contributed by atoms with Crippen LogP contribution in [0.3, 0.4) is 0 Å². The summed E-state index contributed by atoms with van der Waals surface area (Å²) in [5, 5.41) is 0. The number of benzene rings is 4. The summed E-state index contributed by atoms with van der Waals surface area (Å²) in [7, 11) is 9.55. The third kappa shape index (κ3) is 10.4. The van der Waals surface area contributed by atoms with Crippen molar-refractivity contribution in [2.24, 2.45) is 0 Å². The molecule has 0 bridgehead atoms. The Morgan fingerprint density at radius 3 is 1.00 bits per heavy atom. The molecule has 0 unspecified atom stereocenters. The molecular weight excluding hydrogens is 771 g/mol. The van der Waals surface area contributed by atoms with Crippen LogP contribution in [0.2, 0.25) is 0 Å². The van der Waals surface area contributed by atoms with Crippen LogP contribution < -0.4 is 28.4 Å². The van der Waals surface area contributed by atoms with Gasteiger partial charge in [0.25, 0.3) is 11.8 Å². The smallest absolute Gasteiger partial charge is 0.253 e. The van der Waals surface area contributed by atoms with E-state index in [1.165, 1.54) is 0 Å². The molecule has 57 heavy (non-hydrogen) atoms. The fourth-order valence-electron chi connectivity index (χ4n) is 7.34. The van der Waals surface area contributed by atoms with Crippen LogP contribution in [-0.2, 0) is 0 Å². The molecule has 0 aliphatic carbocycles. The number of hydrogen-bond donors (Lipinski definition) is 0. The van der Waals surface area contributed by atoms with Gasteiger partial charge in [0.05, 0.1) is 42.7 Å². The molecule has 4 aromatic carbocycles. The van der Waals surface area contributed by atoms with Gasteiger partial charge in [0.2, 0.25) is 11.5 Å². The van der Waals surface area contributed by atoms with Gasteiger partial charge in [-0.15, -0.1) is 24.8 Å². The van der Waals surface area contributed by atoms with Gasteiger partial charge in [0.1, 0.15) is 0 Å². The number of carbonyl (C=O) groups is 2. The molecule has 0 atom stereocenters. The second-order valence-corrected chi connectivity index (χ2v) is 13.6. The zero-order valence-corrected chi connectivity index (χ0v) is 35.2. The first-order valence-electron chi connectivity index (χ1n) is 18.6. The SMILES string of the molecule is COc1cc(-c2ccc(C(=O)N3CCN(CCCN4CCN(C(=O)c5ccc(-c6cc(OC)c(OC)c(OC)c6)cc5)CC4)CC3)cc2)cc(OC)c1OC.Cl.Cl. The minimum Gasteiger partial charge on any atom is -0.493 e. The minimum absolute atomic E-state index is 0. The van der Waals surface area contributed by atoms with Crippen molar-refractivity contribution < 1.29 is 38.0 Å². The van der Waals surface area contributed by atoms with Crippen molar-refractivity contribution in [2.75, 3.05) is 108 Å². The Bertz CT molecular complexity index is 1740.